The summed E-state index contributed by atoms with van der Waals surface area (Å²) >= 11 is 0. The normalized spacial score (nSPS) is 12.6. The maximum atomic E-state index is 12.1. The summed E-state index contributed by atoms with van der Waals surface area (Å²) in [5.41, 5.74) is 8.64. The molecule has 0 bridgehead atoms. The molecule has 0 spiro atoms. The average molecular weight is 248 g/mol. The molecule has 100 valence electrons. The molecular weight excluding hydrogens is 224 g/mol. The van der Waals surface area contributed by atoms with Crippen LogP contribution in [0.2, 0.25) is 0 Å². The summed E-state index contributed by atoms with van der Waals surface area (Å²) in [6.07, 6.45) is 0.814. The molecule has 1 unspecified atom stereocenters. The highest BCUT2D eigenvalue weighted by molar-refractivity contribution is 5.94. The SMILES string of the molecule is Cc1ccc(C(=O)NC(CCN)C(C)C)cc1C. The largest absolute Gasteiger partial charge is 0.349 e. The minimum atomic E-state index is -0.00903. The fourth-order valence-corrected chi connectivity index (χ4v) is 1.89. The minimum absolute atomic E-state index is 0.00903. The Balaban J connectivity index is 2.77. The molecule has 1 rings (SSSR count). The Kier molecular flexibility index (Phi) is 5.35. The van der Waals surface area contributed by atoms with E-state index in [9.17, 15) is 4.79 Å². The van der Waals surface area contributed by atoms with Gasteiger partial charge in [0.15, 0.2) is 0 Å². The molecule has 0 saturated heterocycles. The minimum Gasteiger partial charge on any atom is -0.349 e. The fraction of sp³-hybridized carbons (Fsp3) is 0.533. The molecule has 3 N–H and O–H groups in total. The van der Waals surface area contributed by atoms with E-state index in [1.165, 1.54) is 5.56 Å². The maximum Gasteiger partial charge on any atom is 0.251 e. The summed E-state index contributed by atoms with van der Waals surface area (Å²) in [4.78, 5) is 12.1. The molecule has 1 atom stereocenters. The lowest BCUT2D eigenvalue weighted by Crippen LogP contribution is -2.39. The van der Waals surface area contributed by atoms with Gasteiger partial charge in [-0.2, -0.15) is 0 Å². The van der Waals surface area contributed by atoms with Crippen LogP contribution in [0.1, 0.15) is 41.8 Å². The fourth-order valence-electron chi connectivity index (χ4n) is 1.89. The molecule has 0 aliphatic rings. The number of carbonyl (C=O) groups is 1. The first-order valence-corrected chi connectivity index (χ1v) is 6.54. The van der Waals surface area contributed by atoms with Crippen LogP contribution in [-0.2, 0) is 0 Å². The zero-order valence-corrected chi connectivity index (χ0v) is 11.8. The Morgan fingerprint density at radius 2 is 1.94 bits per heavy atom. The molecule has 1 amide bonds. The lowest BCUT2D eigenvalue weighted by molar-refractivity contribution is 0.0924. The summed E-state index contributed by atoms with van der Waals surface area (Å²) in [6.45, 7) is 8.85. The molecule has 18 heavy (non-hydrogen) atoms. The van der Waals surface area contributed by atoms with E-state index in [1.54, 1.807) is 0 Å². The number of amides is 1. The van der Waals surface area contributed by atoms with E-state index < -0.39 is 0 Å². The van der Waals surface area contributed by atoms with E-state index >= 15 is 0 Å². The van der Waals surface area contributed by atoms with Gasteiger partial charge in [-0.05, 0) is 56.0 Å². The molecule has 0 aromatic heterocycles. The van der Waals surface area contributed by atoms with Crippen molar-refractivity contribution in [2.45, 2.75) is 40.2 Å². The number of nitrogens with two attached hydrogens (primary N) is 1. The van der Waals surface area contributed by atoms with E-state index in [1.807, 2.05) is 32.0 Å². The van der Waals surface area contributed by atoms with Gasteiger partial charge in [-0.1, -0.05) is 19.9 Å². The van der Waals surface area contributed by atoms with Crippen molar-refractivity contribution in [3.63, 3.8) is 0 Å². The van der Waals surface area contributed by atoms with Crippen LogP contribution >= 0.6 is 0 Å². The van der Waals surface area contributed by atoms with Gasteiger partial charge in [0.25, 0.3) is 5.91 Å². The van der Waals surface area contributed by atoms with Gasteiger partial charge in [-0.3, -0.25) is 4.79 Å². The number of hydrogen-bond acceptors (Lipinski definition) is 2. The number of rotatable bonds is 5. The van der Waals surface area contributed by atoms with Crippen molar-refractivity contribution < 1.29 is 4.79 Å². The Hall–Kier alpha value is -1.35. The molecule has 3 heteroatoms. The van der Waals surface area contributed by atoms with Gasteiger partial charge in [0, 0.05) is 11.6 Å². The monoisotopic (exact) mass is 248 g/mol. The van der Waals surface area contributed by atoms with Crippen molar-refractivity contribution in [2.24, 2.45) is 11.7 Å². The Labute approximate surface area is 110 Å². The predicted octanol–water partition coefficient (Wildman–Crippen LogP) is 2.41. The van der Waals surface area contributed by atoms with E-state index in [2.05, 4.69) is 19.2 Å². The lowest BCUT2D eigenvalue weighted by atomic mass is 10.00. The van der Waals surface area contributed by atoms with Gasteiger partial charge in [0.05, 0.1) is 0 Å². The number of hydrogen-bond donors (Lipinski definition) is 2. The predicted molar refractivity (Wildman–Crippen MR) is 75.7 cm³/mol. The second kappa shape index (κ2) is 6.55. The number of benzene rings is 1. The van der Waals surface area contributed by atoms with Gasteiger partial charge in [-0.15, -0.1) is 0 Å². The van der Waals surface area contributed by atoms with Crippen LogP contribution in [0.5, 0.6) is 0 Å². The van der Waals surface area contributed by atoms with Crippen LogP contribution in [0.4, 0.5) is 0 Å². The first-order valence-electron chi connectivity index (χ1n) is 6.54. The standard InChI is InChI=1S/C15H24N2O/c1-10(2)14(7-8-16)17-15(18)13-6-5-11(3)12(4)9-13/h5-6,9-10,14H,7-8,16H2,1-4H3,(H,17,18). The first-order chi connectivity index (χ1) is 8.45. The summed E-state index contributed by atoms with van der Waals surface area (Å²) in [6, 6.07) is 5.93. The van der Waals surface area contributed by atoms with E-state index in [4.69, 9.17) is 5.73 Å². The highest BCUT2D eigenvalue weighted by atomic mass is 16.1. The highest BCUT2D eigenvalue weighted by Gasteiger charge is 2.16. The van der Waals surface area contributed by atoms with Gasteiger partial charge in [0.2, 0.25) is 0 Å². The molecule has 0 heterocycles. The van der Waals surface area contributed by atoms with Crippen molar-refractivity contribution >= 4 is 5.91 Å². The Morgan fingerprint density at radius 1 is 1.28 bits per heavy atom. The van der Waals surface area contributed by atoms with Gasteiger partial charge in [0.1, 0.15) is 0 Å². The van der Waals surface area contributed by atoms with Crippen molar-refractivity contribution in [1.29, 1.82) is 0 Å². The third-order valence-electron chi connectivity index (χ3n) is 3.37. The van der Waals surface area contributed by atoms with Crippen LogP contribution < -0.4 is 11.1 Å². The maximum absolute atomic E-state index is 12.1. The molecular formula is C15H24N2O. The topological polar surface area (TPSA) is 55.1 Å². The van der Waals surface area contributed by atoms with Crippen LogP contribution in [0.3, 0.4) is 0 Å². The van der Waals surface area contributed by atoms with Crippen molar-refractivity contribution in [1.82, 2.24) is 5.32 Å². The smallest absolute Gasteiger partial charge is 0.251 e. The first kappa shape index (κ1) is 14.7. The molecule has 0 fully saturated rings. The Morgan fingerprint density at radius 3 is 2.44 bits per heavy atom. The van der Waals surface area contributed by atoms with Gasteiger partial charge >= 0.3 is 0 Å². The third-order valence-corrected chi connectivity index (χ3v) is 3.37. The molecule has 1 aromatic rings. The van der Waals surface area contributed by atoms with Crippen molar-refractivity contribution in [3.8, 4) is 0 Å². The molecule has 0 saturated carbocycles. The lowest BCUT2D eigenvalue weighted by Gasteiger charge is -2.22. The summed E-state index contributed by atoms with van der Waals surface area (Å²) in [7, 11) is 0. The van der Waals surface area contributed by atoms with Crippen LogP contribution in [0.25, 0.3) is 0 Å². The van der Waals surface area contributed by atoms with E-state index in [0.717, 1.165) is 17.5 Å². The van der Waals surface area contributed by atoms with Crippen LogP contribution in [0.15, 0.2) is 18.2 Å². The quantitative estimate of drug-likeness (QED) is 0.840. The second-order valence-electron chi connectivity index (χ2n) is 5.20. The zero-order valence-electron chi connectivity index (χ0n) is 11.8. The average Bonchev–Trinajstić information content (AvgIpc) is 2.31. The molecule has 0 aliphatic heterocycles. The molecule has 0 aliphatic carbocycles. The Bertz CT molecular complexity index is 413. The summed E-state index contributed by atoms with van der Waals surface area (Å²) in [5.74, 6) is 0.384. The van der Waals surface area contributed by atoms with Crippen LogP contribution in [0, 0.1) is 19.8 Å². The number of carbonyl (C=O) groups excluding carboxylic acids is 1. The molecule has 3 nitrogen and oxygen atoms in total. The number of nitrogens with one attached hydrogen (secondary N) is 1. The van der Waals surface area contributed by atoms with Crippen molar-refractivity contribution in [3.05, 3.63) is 34.9 Å². The third kappa shape index (κ3) is 3.84. The van der Waals surface area contributed by atoms with Gasteiger partial charge in [-0.25, -0.2) is 0 Å². The number of aryl methyl sites for hydroxylation is 2. The van der Waals surface area contributed by atoms with Crippen LogP contribution in [-0.4, -0.2) is 18.5 Å². The summed E-state index contributed by atoms with van der Waals surface area (Å²) < 4.78 is 0. The summed E-state index contributed by atoms with van der Waals surface area (Å²) in [5, 5.41) is 3.06. The van der Waals surface area contributed by atoms with Crippen molar-refractivity contribution in [2.75, 3.05) is 6.54 Å². The zero-order chi connectivity index (χ0) is 13.7. The molecule has 1 aromatic carbocycles. The highest BCUT2D eigenvalue weighted by Crippen LogP contribution is 2.11. The second-order valence-corrected chi connectivity index (χ2v) is 5.20. The van der Waals surface area contributed by atoms with E-state index in [-0.39, 0.29) is 11.9 Å². The van der Waals surface area contributed by atoms with E-state index in [0.29, 0.717) is 12.5 Å². The van der Waals surface area contributed by atoms with Gasteiger partial charge < -0.3 is 11.1 Å². The molecule has 0 radical (unpaired) electrons.